The molecule has 3 heterocycles. The number of nitrogens with zero attached hydrogens (tertiary/aromatic N) is 1. The van der Waals surface area contributed by atoms with Crippen molar-refractivity contribution in [1.82, 2.24) is 10.2 Å². The first-order chi connectivity index (χ1) is 13.7. The van der Waals surface area contributed by atoms with E-state index in [1.165, 1.54) is 11.8 Å². The van der Waals surface area contributed by atoms with Crippen LogP contribution in [0.5, 0.6) is 0 Å². The summed E-state index contributed by atoms with van der Waals surface area (Å²) in [5, 5.41) is 5.68. The van der Waals surface area contributed by atoms with Gasteiger partial charge in [-0.15, -0.1) is 11.8 Å². The highest BCUT2D eigenvalue weighted by molar-refractivity contribution is 8.01. The van der Waals surface area contributed by atoms with Crippen molar-refractivity contribution in [3.63, 3.8) is 0 Å². The number of thioether (sulfide) groups is 2. The van der Waals surface area contributed by atoms with Crippen LogP contribution in [0.3, 0.4) is 0 Å². The summed E-state index contributed by atoms with van der Waals surface area (Å²) < 4.78 is 10.8. The first-order valence-corrected chi connectivity index (χ1v) is 11.5. The summed E-state index contributed by atoms with van der Waals surface area (Å²) in [7, 11) is 0. The molecule has 0 saturated carbocycles. The monoisotopic (exact) mass is 423 g/mol. The van der Waals surface area contributed by atoms with Gasteiger partial charge in [-0.05, 0) is 24.3 Å². The summed E-state index contributed by atoms with van der Waals surface area (Å²) in [6.45, 7) is 4.34. The molecule has 9 heteroatoms. The Morgan fingerprint density at radius 1 is 1.29 bits per heavy atom. The Bertz CT molecular complexity index is 689. The molecule has 7 nitrogen and oxygen atoms in total. The number of morpholine rings is 1. The first-order valence-electron chi connectivity index (χ1n) is 9.61. The highest BCUT2D eigenvalue weighted by Crippen LogP contribution is 2.39. The van der Waals surface area contributed by atoms with E-state index < -0.39 is 0 Å². The lowest BCUT2D eigenvalue weighted by Gasteiger charge is -2.26. The molecule has 0 spiro atoms. The highest BCUT2D eigenvalue weighted by atomic mass is 32.2. The molecule has 1 aromatic rings. The number of rotatable bonds is 6. The summed E-state index contributed by atoms with van der Waals surface area (Å²) in [6.07, 6.45) is 0.734. The third kappa shape index (κ3) is 4.76. The molecule has 0 aliphatic carbocycles. The Hall–Kier alpha value is -1.42. The Morgan fingerprint density at radius 2 is 2.11 bits per heavy atom. The Kier molecular flexibility index (Phi) is 6.66. The fourth-order valence-corrected chi connectivity index (χ4v) is 5.85. The lowest BCUT2D eigenvalue weighted by Crippen LogP contribution is -2.44. The number of hydrogen-bond donors (Lipinski definition) is 2. The molecule has 3 atom stereocenters. The van der Waals surface area contributed by atoms with Crippen molar-refractivity contribution in [3.8, 4) is 0 Å². The van der Waals surface area contributed by atoms with Crippen LogP contribution < -0.4 is 10.6 Å². The molecule has 0 aromatic heterocycles. The first kappa shape index (κ1) is 19.9. The van der Waals surface area contributed by atoms with Gasteiger partial charge in [-0.2, -0.15) is 0 Å². The summed E-state index contributed by atoms with van der Waals surface area (Å²) in [4.78, 5) is 28.5. The zero-order chi connectivity index (χ0) is 19.3. The van der Waals surface area contributed by atoms with E-state index in [1.807, 2.05) is 24.3 Å². The Morgan fingerprint density at radius 3 is 2.93 bits per heavy atom. The number of benzene rings is 1. The van der Waals surface area contributed by atoms with Crippen molar-refractivity contribution in [2.75, 3.05) is 50.5 Å². The third-order valence-electron chi connectivity index (χ3n) is 5.09. The smallest absolute Gasteiger partial charge is 0.311 e. The Balaban J connectivity index is 1.24. The molecule has 1 amide bonds. The maximum Gasteiger partial charge on any atom is 0.311 e. The van der Waals surface area contributed by atoms with Crippen LogP contribution in [-0.2, 0) is 19.1 Å². The summed E-state index contributed by atoms with van der Waals surface area (Å²) in [5.74, 6) is 0.262. The van der Waals surface area contributed by atoms with Gasteiger partial charge in [0, 0.05) is 30.2 Å². The summed E-state index contributed by atoms with van der Waals surface area (Å²) in [5.41, 5.74) is 0.978. The number of hydrogen-bond acceptors (Lipinski definition) is 8. The second kappa shape index (κ2) is 9.39. The van der Waals surface area contributed by atoms with Gasteiger partial charge >= 0.3 is 5.97 Å². The van der Waals surface area contributed by atoms with Crippen molar-refractivity contribution in [2.24, 2.45) is 5.92 Å². The number of ether oxygens (including phenoxy) is 2. The van der Waals surface area contributed by atoms with E-state index >= 15 is 0 Å². The minimum Gasteiger partial charge on any atom is -0.464 e. The van der Waals surface area contributed by atoms with Gasteiger partial charge < -0.3 is 20.1 Å². The molecular weight excluding hydrogens is 398 g/mol. The van der Waals surface area contributed by atoms with E-state index in [0.717, 1.165) is 55.6 Å². The zero-order valence-electron chi connectivity index (χ0n) is 15.6. The molecule has 2 saturated heterocycles. The van der Waals surface area contributed by atoms with Crippen LogP contribution in [-0.4, -0.2) is 72.7 Å². The predicted molar refractivity (Wildman–Crippen MR) is 110 cm³/mol. The van der Waals surface area contributed by atoms with Gasteiger partial charge in [0.05, 0.1) is 24.5 Å². The van der Waals surface area contributed by atoms with E-state index in [-0.39, 0.29) is 28.5 Å². The molecule has 0 bridgehead atoms. The Labute approximate surface area is 173 Å². The van der Waals surface area contributed by atoms with Gasteiger partial charge in [0.1, 0.15) is 6.61 Å². The molecule has 152 valence electrons. The van der Waals surface area contributed by atoms with Crippen molar-refractivity contribution < 1.29 is 19.1 Å². The molecule has 3 unspecified atom stereocenters. The van der Waals surface area contributed by atoms with Gasteiger partial charge in [-0.3, -0.25) is 14.5 Å². The number of anilines is 1. The minimum absolute atomic E-state index is 0.0910. The predicted octanol–water partition coefficient (Wildman–Crippen LogP) is 1.60. The van der Waals surface area contributed by atoms with Gasteiger partial charge in [0.15, 0.2) is 5.37 Å². The summed E-state index contributed by atoms with van der Waals surface area (Å²) >= 11 is 3.12. The second-order valence-electron chi connectivity index (χ2n) is 6.96. The molecule has 3 aliphatic heterocycles. The largest absolute Gasteiger partial charge is 0.464 e. The fourth-order valence-electron chi connectivity index (χ4n) is 3.50. The molecule has 2 N–H and O–H groups in total. The van der Waals surface area contributed by atoms with Gasteiger partial charge in [-0.25, -0.2) is 0 Å². The van der Waals surface area contributed by atoms with E-state index in [4.69, 9.17) is 9.47 Å². The van der Waals surface area contributed by atoms with Gasteiger partial charge in [0.2, 0.25) is 0 Å². The molecule has 2 fully saturated rings. The maximum absolute atomic E-state index is 12.7. The van der Waals surface area contributed by atoms with Crippen LogP contribution in [0, 0.1) is 5.92 Å². The van der Waals surface area contributed by atoms with Crippen LogP contribution in [0.2, 0.25) is 0 Å². The van der Waals surface area contributed by atoms with Gasteiger partial charge in [-0.1, -0.05) is 23.9 Å². The molecule has 1 aromatic carbocycles. The van der Waals surface area contributed by atoms with E-state index in [1.54, 1.807) is 11.8 Å². The minimum atomic E-state index is -0.364. The van der Waals surface area contributed by atoms with Crippen LogP contribution in [0.15, 0.2) is 29.2 Å². The number of esters is 1. The molecule has 3 aliphatic rings. The second-order valence-corrected chi connectivity index (χ2v) is 9.35. The van der Waals surface area contributed by atoms with Crippen LogP contribution in [0.25, 0.3) is 0 Å². The molecule has 4 rings (SSSR count). The lowest BCUT2D eigenvalue weighted by molar-refractivity contribution is -0.149. The van der Waals surface area contributed by atoms with Crippen LogP contribution in [0.4, 0.5) is 5.69 Å². The lowest BCUT2D eigenvalue weighted by atomic mass is 10.1. The number of fused-ring (bicyclic) bond motifs is 1. The average molecular weight is 424 g/mol. The zero-order valence-corrected chi connectivity index (χ0v) is 17.2. The van der Waals surface area contributed by atoms with Crippen molar-refractivity contribution in [2.45, 2.75) is 22.1 Å². The normalized spacial score (nSPS) is 27.1. The SMILES string of the molecule is O=C(NC1SCCC1C(=O)OCCN1CCOCC1)C1Nc2ccccc2S1. The standard InChI is InChI=1S/C19H25N3O4S2/c23-16(18-20-14-3-1-2-4-15(14)28-18)21-17-13(5-12-27-17)19(24)26-11-8-22-6-9-25-10-7-22/h1-4,13,17-18,20H,5-12H2,(H,21,23). The number of amides is 1. The third-order valence-corrected chi connectivity index (χ3v) is 7.55. The van der Waals surface area contributed by atoms with E-state index in [9.17, 15) is 9.59 Å². The van der Waals surface area contributed by atoms with Crippen molar-refractivity contribution in [3.05, 3.63) is 24.3 Å². The number of para-hydroxylation sites is 1. The quantitative estimate of drug-likeness (QED) is 0.668. The molecular formula is C19H25N3O4S2. The molecule has 0 radical (unpaired) electrons. The highest BCUT2D eigenvalue weighted by Gasteiger charge is 2.38. The van der Waals surface area contributed by atoms with E-state index in [0.29, 0.717) is 6.61 Å². The van der Waals surface area contributed by atoms with Crippen molar-refractivity contribution in [1.29, 1.82) is 0 Å². The maximum atomic E-state index is 12.7. The van der Waals surface area contributed by atoms with Crippen LogP contribution >= 0.6 is 23.5 Å². The van der Waals surface area contributed by atoms with Crippen molar-refractivity contribution >= 4 is 41.1 Å². The van der Waals surface area contributed by atoms with Gasteiger partial charge in [0.25, 0.3) is 5.91 Å². The number of nitrogens with one attached hydrogen (secondary N) is 2. The number of carbonyl (C=O) groups excluding carboxylic acids is 2. The average Bonchev–Trinajstić information content (AvgIpc) is 3.35. The number of carbonyl (C=O) groups is 2. The van der Waals surface area contributed by atoms with E-state index in [2.05, 4.69) is 15.5 Å². The summed E-state index contributed by atoms with van der Waals surface area (Å²) in [6, 6.07) is 7.87. The van der Waals surface area contributed by atoms with Crippen LogP contribution in [0.1, 0.15) is 6.42 Å². The fraction of sp³-hybridized carbons (Fsp3) is 0.579. The molecule has 28 heavy (non-hydrogen) atoms. The topological polar surface area (TPSA) is 79.9 Å².